The van der Waals surface area contributed by atoms with Gasteiger partial charge in [-0.05, 0) is 6.42 Å². The van der Waals surface area contributed by atoms with E-state index in [1.54, 1.807) is 17.5 Å². The van der Waals surface area contributed by atoms with Crippen molar-refractivity contribution in [3.8, 4) is 0 Å². The fraction of sp³-hybridized carbons (Fsp3) is 0.625. The molecule has 0 saturated heterocycles. The quantitative estimate of drug-likeness (QED) is 0.515. The Balaban J connectivity index is 2.43. The monoisotopic (exact) mass is 310 g/mol. The van der Waals surface area contributed by atoms with Gasteiger partial charge in [-0.1, -0.05) is 66.9 Å². The normalized spacial score (nSPS) is 12.1. The van der Waals surface area contributed by atoms with Crippen molar-refractivity contribution >= 4 is 27.2 Å². The molecule has 1 aromatic carbocycles. The molecule has 2 nitrogen and oxygen atoms in total. The Kier molecular flexibility index (Phi) is 7.73. The highest BCUT2D eigenvalue weighted by molar-refractivity contribution is 6.89. The molecule has 0 radical (unpaired) electrons. The maximum absolute atomic E-state index is 5.56. The van der Waals surface area contributed by atoms with E-state index in [0.717, 1.165) is 13.0 Å². The average molecular weight is 311 g/mol. The van der Waals surface area contributed by atoms with Gasteiger partial charge in [0.1, 0.15) is 0 Å². The number of methoxy groups -OCH3 is 1. The molecule has 1 rings (SSSR count). The summed E-state index contributed by atoms with van der Waals surface area (Å²) in [5.41, 5.74) is 0. The molecule has 0 unspecified atom stereocenters. The van der Waals surface area contributed by atoms with Crippen LogP contribution in [0.3, 0.4) is 0 Å². The van der Waals surface area contributed by atoms with Crippen LogP contribution in [0.15, 0.2) is 24.3 Å². The predicted octanol–water partition coefficient (Wildman–Crippen LogP) is 2.35. The Labute approximate surface area is 127 Å². The molecule has 0 bridgehead atoms. The van der Waals surface area contributed by atoms with Crippen molar-refractivity contribution < 1.29 is 9.47 Å². The van der Waals surface area contributed by atoms with Crippen molar-refractivity contribution in [3.63, 3.8) is 0 Å². The lowest BCUT2D eigenvalue weighted by atomic mass is 10.4. The molecule has 1 aromatic rings. The van der Waals surface area contributed by atoms with Gasteiger partial charge in [0.2, 0.25) is 0 Å². The van der Waals surface area contributed by atoms with Crippen LogP contribution in [0.2, 0.25) is 32.2 Å². The van der Waals surface area contributed by atoms with Crippen LogP contribution in [-0.4, -0.2) is 43.8 Å². The van der Waals surface area contributed by atoms with Crippen molar-refractivity contribution in [1.29, 1.82) is 0 Å². The van der Waals surface area contributed by atoms with E-state index in [4.69, 9.17) is 9.47 Å². The first-order chi connectivity index (χ1) is 9.47. The van der Waals surface area contributed by atoms with Gasteiger partial charge in [0, 0.05) is 13.7 Å². The summed E-state index contributed by atoms with van der Waals surface area (Å²) in [4.78, 5) is 0. The second-order valence-corrected chi connectivity index (χ2v) is 14.2. The molecular formula is C16H30O2Si2. The molecule has 4 heteroatoms. The first kappa shape index (κ1) is 17.6. The lowest BCUT2D eigenvalue weighted by Gasteiger charge is -2.23. The largest absolute Gasteiger partial charge is 0.382 e. The van der Waals surface area contributed by atoms with Crippen LogP contribution in [0.5, 0.6) is 0 Å². The van der Waals surface area contributed by atoms with Gasteiger partial charge in [-0.3, -0.25) is 0 Å². The van der Waals surface area contributed by atoms with Crippen molar-refractivity contribution in [2.75, 3.05) is 26.9 Å². The van der Waals surface area contributed by atoms with Gasteiger partial charge in [-0.25, -0.2) is 0 Å². The molecule has 0 aromatic heterocycles. The Bertz CT molecular complexity index is 375. The lowest BCUT2D eigenvalue weighted by Crippen LogP contribution is -2.42. The first-order valence-electron chi connectivity index (χ1n) is 7.64. The van der Waals surface area contributed by atoms with Gasteiger partial charge in [0.15, 0.2) is 0 Å². The van der Waals surface area contributed by atoms with Crippen LogP contribution in [0, 0.1) is 0 Å². The summed E-state index contributed by atoms with van der Waals surface area (Å²) < 4.78 is 10.5. The number of hydrogen-bond donors (Lipinski definition) is 0. The molecule has 0 aliphatic carbocycles. The summed E-state index contributed by atoms with van der Waals surface area (Å²) >= 11 is 0. The van der Waals surface area contributed by atoms with Crippen LogP contribution in [-0.2, 0) is 9.47 Å². The van der Waals surface area contributed by atoms with Crippen molar-refractivity contribution in [1.82, 2.24) is 0 Å². The van der Waals surface area contributed by atoms with E-state index < -0.39 is 16.9 Å². The summed E-state index contributed by atoms with van der Waals surface area (Å²) in [7, 11) is -0.249. The number of hydrogen-bond acceptors (Lipinski definition) is 2. The second kappa shape index (κ2) is 8.77. The van der Waals surface area contributed by atoms with Gasteiger partial charge < -0.3 is 9.47 Å². The minimum atomic E-state index is -1.30. The fourth-order valence-corrected chi connectivity index (χ4v) is 5.67. The van der Waals surface area contributed by atoms with E-state index >= 15 is 0 Å². The molecule has 0 saturated carbocycles. The minimum Gasteiger partial charge on any atom is -0.382 e. The third-order valence-electron chi connectivity index (χ3n) is 3.88. The van der Waals surface area contributed by atoms with Crippen LogP contribution < -0.4 is 10.4 Å². The maximum Gasteiger partial charge on any atom is 0.0807 e. The van der Waals surface area contributed by atoms with Crippen LogP contribution in [0.1, 0.15) is 6.42 Å². The molecule has 0 N–H and O–H groups in total. The molecule has 0 heterocycles. The van der Waals surface area contributed by atoms with E-state index in [-0.39, 0.29) is 0 Å². The van der Waals surface area contributed by atoms with Crippen LogP contribution in [0.25, 0.3) is 0 Å². The van der Waals surface area contributed by atoms with Gasteiger partial charge >= 0.3 is 0 Å². The topological polar surface area (TPSA) is 18.5 Å². The standard InChI is InChI=1S/C16H30O2Si2/c1-17-12-13-18-11-6-14-20(4,5)16-9-7-15(8-10-16)19(2)3/h7-10,19H,6,11-14H2,1-5H3. The molecule has 0 atom stereocenters. The molecular weight excluding hydrogens is 280 g/mol. The van der Waals surface area contributed by atoms with Crippen molar-refractivity contribution in [3.05, 3.63) is 24.3 Å². The highest BCUT2D eigenvalue weighted by Gasteiger charge is 2.22. The van der Waals surface area contributed by atoms with Crippen LogP contribution >= 0.6 is 0 Å². The van der Waals surface area contributed by atoms with Crippen molar-refractivity contribution in [2.45, 2.75) is 38.7 Å². The number of ether oxygens (including phenoxy) is 2. The number of benzene rings is 1. The van der Waals surface area contributed by atoms with E-state index in [0.29, 0.717) is 13.2 Å². The second-order valence-electron chi connectivity index (χ2n) is 6.37. The Morgan fingerprint density at radius 3 is 2.20 bits per heavy atom. The molecule has 114 valence electrons. The molecule has 0 aliphatic heterocycles. The highest BCUT2D eigenvalue weighted by atomic mass is 28.3. The summed E-state index contributed by atoms with van der Waals surface area (Å²) in [5, 5.41) is 3.15. The van der Waals surface area contributed by atoms with Gasteiger partial charge in [-0.2, -0.15) is 0 Å². The van der Waals surface area contributed by atoms with Gasteiger partial charge in [-0.15, -0.1) is 0 Å². The third-order valence-corrected chi connectivity index (χ3v) is 9.10. The van der Waals surface area contributed by atoms with Gasteiger partial charge in [0.25, 0.3) is 0 Å². The summed E-state index contributed by atoms with van der Waals surface area (Å²) in [6.45, 7) is 12.0. The van der Waals surface area contributed by atoms with E-state index in [9.17, 15) is 0 Å². The molecule has 0 aliphatic rings. The predicted molar refractivity (Wildman–Crippen MR) is 94.2 cm³/mol. The highest BCUT2D eigenvalue weighted by Crippen LogP contribution is 2.12. The molecule has 0 fully saturated rings. The Morgan fingerprint density at radius 1 is 1.00 bits per heavy atom. The zero-order valence-corrected chi connectivity index (χ0v) is 15.9. The average Bonchev–Trinajstić information content (AvgIpc) is 2.43. The summed E-state index contributed by atoms with van der Waals surface area (Å²) in [6, 6.07) is 10.8. The van der Waals surface area contributed by atoms with Crippen LogP contribution in [0.4, 0.5) is 0 Å². The smallest absolute Gasteiger partial charge is 0.0807 e. The molecule has 20 heavy (non-hydrogen) atoms. The van der Waals surface area contributed by atoms with Gasteiger partial charge in [0.05, 0.1) is 30.1 Å². The fourth-order valence-electron chi connectivity index (χ4n) is 2.32. The zero-order valence-electron chi connectivity index (χ0n) is 13.7. The van der Waals surface area contributed by atoms with E-state index in [1.807, 2.05) is 0 Å². The molecule has 0 spiro atoms. The summed E-state index contributed by atoms with van der Waals surface area (Å²) in [5.74, 6) is 0. The van der Waals surface area contributed by atoms with E-state index in [2.05, 4.69) is 50.5 Å². The minimum absolute atomic E-state index is 0.659. The molecule has 0 amide bonds. The Morgan fingerprint density at radius 2 is 1.65 bits per heavy atom. The SMILES string of the molecule is COCCOCCC[Si](C)(C)c1ccc([SiH](C)C)cc1. The Hall–Kier alpha value is -0.426. The summed E-state index contributed by atoms with van der Waals surface area (Å²) in [6.07, 6.45) is 1.16. The number of rotatable bonds is 9. The van der Waals surface area contributed by atoms with Crippen molar-refractivity contribution in [2.24, 2.45) is 0 Å². The third kappa shape index (κ3) is 5.91. The zero-order chi connectivity index (χ0) is 15.0. The lowest BCUT2D eigenvalue weighted by molar-refractivity contribution is 0.0709. The maximum atomic E-state index is 5.56. The van der Waals surface area contributed by atoms with E-state index in [1.165, 1.54) is 6.04 Å². The first-order valence-corrected chi connectivity index (χ1v) is 13.7.